The summed E-state index contributed by atoms with van der Waals surface area (Å²) in [5.74, 6) is -2.79. The van der Waals surface area contributed by atoms with Crippen LogP contribution in [0, 0.1) is 0 Å². The molecule has 2 rings (SSSR count). The highest BCUT2D eigenvalue weighted by atomic mass is 19.3. The fraction of sp³-hybridized carbons (Fsp3) is 0.500. The lowest BCUT2D eigenvalue weighted by atomic mass is 9.60. The van der Waals surface area contributed by atoms with Crippen molar-refractivity contribution in [3.05, 3.63) is 29.8 Å². The van der Waals surface area contributed by atoms with E-state index in [1.54, 1.807) is 18.2 Å². The Morgan fingerprint density at radius 2 is 1.87 bits per heavy atom. The van der Waals surface area contributed by atoms with Crippen LogP contribution in [0.5, 0.6) is 5.75 Å². The number of halogens is 2. The number of benzene rings is 1. The van der Waals surface area contributed by atoms with Gasteiger partial charge in [0.2, 0.25) is 0 Å². The largest absolute Gasteiger partial charge is 0.508 e. The number of alkyl halides is 2. The Hall–Kier alpha value is -1.12. The number of aromatic hydroxyl groups is 1. The fourth-order valence-electron chi connectivity index (χ4n) is 2.35. The topological polar surface area (TPSA) is 20.2 Å². The van der Waals surface area contributed by atoms with Crippen molar-refractivity contribution in [1.29, 1.82) is 0 Å². The van der Waals surface area contributed by atoms with Crippen LogP contribution >= 0.6 is 0 Å². The smallest absolute Gasteiger partial charge is 0.255 e. The lowest BCUT2D eigenvalue weighted by molar-refractivity contribution is -0.0977. The van der Waals surface area contributed by atoms with Crippen molar-refractivity contribution in [3.63, 3.8) is 0 Å². The third kappa shape index (κ3) is 1.41. The second-order valence-corrected chi connectivity index (χ2v) is 4.34. The Morgan fingerprint density at radius 1 is 1.27 bits per heavy atom. The number of para-hydroxylation sites is 1. The van der Waals surface area contributed by atoms with Crippen molar-refractivity contribution in [2.45, 2.75) is 37.5 Å². The highest BCUT2D eigenvalue weighted by Crippen LogP contribution is 2.55. The first-order valence-corrected chi connectivity index (χ1v) is 5.14. The van der Waals surface area contributed by atoms with Crippen LogP contribution in [0.1, 0.15) is 31.7 Å². The minimum absolute atomic E-state index is 0.0151. The molecular formula is C12H14F2O. The molecule has 1 N–H and O–H groups in total. The number of phenolic OH excluding ortho intramolecular Hbond substituents is 1. The van der Waals surface area contributed by atoms with Crippen molar-refractivity contribution in [1.82, 2.24) is 0 Å². The summed E-state index contributed by atoms with van der Waals surface area (Å²) in [5.41, 5.74) is -0.748. The SMILES string of the molecule is CC(F)(F)C1(c2ccccc2O)CCC1. The average molecular weight is 212 g/mol. The summed E-state index contributed by atoms with van der Waals surface area (Å²) in [6, 6.07) is 6.42. The Bertz CT molecular complexity index is 364. The van der Waals surface area contributed by atoms with Crippen LogP contribution in [-0.2, 0) is 5.41 Å². The molecule has 1 aromatic carbocycles. The van der Waals surface area contributed by atoms with Gasteiger partial charge < -0.3 is 5.11 Å². The van der Waals surface area contributed by atoms with E-state index in [1.165, 1.54) is 6.07 Å². The third-order valence-electron chi connectivity index (χ3n) is 3.47. The van der Waals surface area contributed by atoms with E-state index >= 15 is 0 Å². The standard InChI is InChI=1S/C12H14F2O/c1-11(13,14)12(7-4-8-12)9-5-2-3-6-10(9)15/h2-3,5-6,15H,4,7-8H2,1H3. The van der Waals surface area contributed by atoms with E-state index in [9.17, 15) is 13.9 Å². The summed E-state index contributed by atoms with van der Waals surface area (Å²) in [6.07, 6.45) is 1.71. The monoisotopic (exact) mass is 212 g/mol. The number of hydrogen-bond donors (Lipinski definition) is 1. The van der Waals surface area contributed by atoms with Crippen molar-refractivity contribution in [2.75, 3.05) is 0 Å². The van der Waals surface area contributed by atoms with Gasteiger partial charge in [-0.05, 0) is 18.9 Å². The van der Waals surface area contributed by atoms with E-state index in [1.807, 2.05) is 0 Å². The van der Waals surface area contributed by atoms with Crippen LogP contribution < -0.4 is 0 Å². The van der Waals surface area contributed by atoms with Crippen LogP contribution in [0.15, 0.2) is 24.3 Å². The summed E-state index contributed by atoms with van der Waals surface area (Å²) in [6.45, 7) is 0.943. The van der Waals surface area contributed by atoms with E-state index in [0.29, 0.717) is 18.4 Å². The Labute approximate surface area is 87.7 Å². The summed E-state index contributed by atoms with van der Waals surface area (Å²) < 4.78 is 27.2. The van der Waals surface area contributed by atoms with Gasteiger partial charge in [0.25, 0.3) is 5.92 Å². The first-order chi connectivity index (χ1) is 6.97. The molecule has 3 heteroatoms. The summed E-state index contributed by atoms with van der Waals surface area (Å²) in [5, 5.41) is 9.64. The Kier molecular flexibility index (Phi) is 2.21. The average Bonchev–Trinajstić information content (AvgIpc) is 2.03. The molecule has 1 aliphatic rings. The molecule has 0 unspecified atom stereocenters. The van der Waals surface area contributed by atoms with Crippen LogP contribution in [-0.4, -0.2) is 11.0 Å². The van der Waals surface area contributed by atoms with Gasteiger partial charge >= 0.3 is 0 Å². The minimum Gasteiger partial charge on any atom is -0.508 e. The quantitative estimate of drug-likeness (QED) is 0.795. The van der Waals surface area contributed by atoms with Crippen molar-refractivity contribution < 1.29 is 13.9 Å². The van der Waals surface area contributed by atoms with Crippen LogP contribution in [0.4, 0.5) is 8.78 Å². The van der Waals surface area contributed by atoms with Gasteiger partial charge in [-0.15, -0.1) is 0 Å². The van der Waals surface area contributed by atoms with E-state index < -0.39 is 11.3 Å². The van der Waals surface area contributed by atoms with Gasteiger partial charge in [-0.25, -0.2) is 8.78 Å². The van der Waals surface area contributed by atoms with Gasteiger partial charge in [-0.3, -0.25) is 0 Å². The zero-order valence-electron chi connectivity index (χ0n) is 8.63. The predicted molar refractivity (Wildman–Crippen MR) is 54.3 cm³/mol. The first-order valence-electron chi connectivity index (χ1n) is 5.14. The normalized spacial score (nSPS) is 19.7. The van der Waals surface area contributed by atoms with Gasteiger partial charge in [-0.2, -0.15) is 0 Å². The fourth-order valence-corrected chi connectivity index (χ4v) is 2.35. The Morgan fingerprint density at radius 3 is 2.27 bits per heavy atom. The molecule has 0 aromatic heterocycles. The summed E-state index contributed by atoms with van der Waals surface area (Å²) >= 11 is 0. The minimum atomic E-state index is -2.77. The molecule has 1 saturated carbocycles. The van der Waals surface area contributed by atoms with Crippen molar-refractivity contribution >= 4 is 0 Å². The molecule has 1 aliphatic carbocycles. The highest BCUT2D eigenvalue weighted by Gasteiger charge is 2.55. The van der Waals surface area contributed by atoms with Crippen molar-refractivity contribution in [2.24, 2.45) is 0 Å². The third-order valence-corrected chi connectivity index (χ3v) is 3.47. The summed E-state index contributed by atoms with van der Waals surface area (Å²) in [7, 11) is 0. The molecule has 0 heterocycles. The first kappa shape index (κ1) is 10.4. The summed E-state index contributed by atoms with van der Waals surface area (Å²) in [4.78, 5) is 0. The number of phenols is 1. The molecule has 1 fully saturated rings. The second-order valence-electron chi connectivity index (χ2n) is 4.34. The maximum Gasteiger partial charge on any atom is 0.255 e. The molecule has 0 atom stereocenters. The molecule has 15 heavy (non-hydrogen) atoms. The molecule has 0 radical (unpaired) electrons. The highest BCUT2D eigenvalue weighted by molar-refractivity contribution is 5.41. The van der Waals surface area contributed by atoms with E-state index in [4.69, 9.17) is 0 Å². The van der Waals surface area contributed by atoms with E-state index in [0.717, 1.165) is 13.3 Å². The number of hydrogen-bond acceptors (Lipinski definition) is 1. The van der Waals surface area contributed by atoms with Gasteiger partial charge in [0, 0.05) is 12.5 Å². The lowest BCUT2D eigenvalue weighted by Crippen LogP contribution is -2.48. The maximum atomic E-state index is 13.6. The molecule has 0 saturated heterocycles. The van der Waals surface area contributed by atoms with Crippen LogP contribution in [0.2, 0.25) is 0 Å². The van der Waals surface area contributed by atoms with Crippen molar-refractivity contribution in [3.8, 4) is 5.75 Å². The van der Waals surface area contributed by atoms with Crippen LogP contribution in [0.25, 0.3) is 0 Å². The number of rotatable bonds is 2. The van der Waals surface area contributed by atoms with E-state index in [2.05, 4.69) is 0 Å². The zero-order chi connectivity index (χ0) is 11.1. The molecule has 1 nitrogen and oxygen atoms in total. The predicted octanol–water partition coefficient (Wildman–Crippen LogP) is 3.47. The molecule has 0 amide bonds. The molecule has 0 aliphatic heterocycles. The molecule has 0 bridgehead atoms. The molecule has 82 valence electrons. The lowest BCUT2D eigenvalue weighted by Gasteiger charge is -2.46. The van der Waals surface area contributed by atoms with Gasteiger partial charge in [0.15, 0.2) is 0 Å². The maximum absolute atomic E-state index is 13.6. The van der Waals surface area contributed by atoms with Gasteiger partial charge in [0.1, 0.15) is 5.75 Å². The van der Waals surface area contributed by atoms with Crippen LogP contribution in [0.3, 0.4) is 0 Å². The molecule has 1 aromatic rings. The Balaban J connectivity index is 2.48. The zero-order valence-corrected chi connectivity index (χ0v) is 8.63. The molecule has 0 spiro atoms. The second kappa shape index (κ2) is 3.19. The van der Waals surface area contributed by atoms with Gasteiger partial charge in [0.05, 0.1) is 5.41 Å². The molecular weight excluding hydrogens is 198 g/mol. The van der Waals surface area contributed by atoms with E-state index in [-0.39, 0.29) is 5.75 Å². The van der Waals surface area contributed by atoms with Gasteiger partial charge in [-0.1, -0.05) is 24.6 Å².